The molecule has 7 rings (SSSR count). The molecule has 5 atom stereocenters. The topological polar surface area (TPSA) is 119 Å². The van der Waals surface area contributed by atoms with E-state index in [1.165, 1.54) is 11.1 Å². The first-order valence-corrected chi connectivity index (χ1v) is 18.9. The first-order valence-electron chi connectivity index (χ1n) is 17.0. The summed E-state index contributed by atoms with van der Waals surface area (Å²) in [6.45, 7) is 5.24. The van der Waals surface area contributed by atoms with Gasteiger partial charge < -0.3 is 24.4 Å². The van der Waals surface area contributed by atoms with E-state index in [1.54, 1.807) is 39.2 Å². The van der Waals surface area contributed by atoms with Gasteiger partial charge in [-0.1, -0.05) is 29.8 Å². The number of carbonyl (C=O) groups is 2. The van der Waals surface area contributed by atoms with Crippen LogP contribution in [0.5, 0.6) is 5.75 Å². The van der Waals surface area contributed by atoms with Crippen LogP contribution in [0, 0.1) is 11.8 Å². The number of carbonyl (C=O) groups excluding carboxylic acids is 2. The van der Waals surface area contributed by atoms with Crippen LogP contribution < -0.4 is 19.7 Å². The first kappa shape index (κ1) is 33.4. The zero-order valence-electron chi connectivity index (χ0n) is 27.8. The summed E-state index contributed by atoms with van der Waals surface area (Å²) < 4.78 is 40.2. The van der Waals surface area contributed by atoms with E-state index in [-0.39, 0.29) is 29.1 Å². The number of benzene rings is 2. The van der Waals surface area contributed by atoms with E-state index in [2.05, 4.69) is 31.4 Å². The van der Waals surface area contributed by atoms with Gasteiger partial charge in [0, 0.05) is 36.7 Å². The van der Waals surface area contributed by atoms with E-state index in [4.69, 9.17) is 25.8 Å². The fraction of sp³-hybridized carbons (Fsp3) is 0.556. The number of halogens is 1. The molecule has 2 bridgehead atoms. The lowest BCUT2D eigenvalue weighted by Gasteiger charge is -2.46. The largest absolute Gasteiger partial charge is 0.490 e. The van der Waals surface area contributed by atoms with Crippen LogP contribution in [0.25, 0.3) is 0 Å². The van der Waals surface area contributed by atoms with E-state index >= 15 is 0 Å². The second kappa shape index (κ2) is 13.0. The van der Waals surface area contributed by atoms with E-state index in [9.17, 15) is 13.8 Å². The zero-order chi connectivity index (χ0) is 33.7. The molecule has 2 aromatic rings. The molecule has 0 saturated heterocycles. The van der Waals surface area contributed by atoms with Crippen LogP contribution in [-0.2, 0) is 36.0 Å². The highest BCUT2D eigenvalue weighted by Gasteiger charge is 2.45. The normalized spacial score (nSPS) is 32.0. The quantitative estimate of drug-likeness (QED) is 0.381. The van der Waals surface area contributed by atoms with Crippen molar-refractivity contribution in [1.82, 2.24) is 10.0 Å². The standard InChI is InChI=1S/C36H45ClN4O6S/c1-35(2)33(42)39-48(44,40-34(43)38-26-10-11-26)27-12-15-32-30(19-27)41(20-24-8-13-28(24)31(45-3)7-5-17-47-35)21-36(22-46-32)16-4-6-23-18-25(37)9-14-29(23)36/h5,7,9,12,14-15,18-19,24,26,28,31H,4,6,8,10-11,13,16-17,20-22H2,1-3H3,(H2,38,39,40,42,43,44)/b7-5+/t24-,28+,31-,36-,48?/m0/s1. The highest BCUT2D eigenvalue weighted by atomic mass is 35.5. The molecule has 12 heteroatoms. The van der Waals surface area contributed by atoms with Gasteiger partial charge in [0.25, 0.3) is 5.91 Å². The SMILES string of the molecule is CO[C@H]1/C=C/COC(C)(C)C(=O)N=S(=O)(NC(=O)NC2CC2)c2ccc3c(c2)N(C[C@@H]2CC[C@H]21)C[C@@]1(CCCc2cc(Cl)ccc21)CO3. The third-order valence-electron chi connectivity index (χ3n) is 10.7. The first-order chi connectivity index (χ1) is 23.0. The molecule has 2 aromatic carbocycles. The number of nitrogens with one attached hydrogen (secondary N) is 2. The number of nitrogens with zero attached hydrogens (tertiary/aromatic N) is 2. The molecular weight excluding hydrogens is 652 g/mol. The Morgan fingerprint density at radius 3 is 2.73 bits per heavy atom. The minimum absolute atomic E-state index is 0.0215. The number of methoxy groups -OCH3 is 1. The lowest BCUT2D eigenvalue weighted by atomic mass is 9.68. The number of anilines is 1. The fourth-order valence-electron chi connectivity index (χ4n) is 7.64. The Kier molecular flexibility index (Phi) is 9.02. The zero-order valence-corrected chi connectivity index (χ0v) is 29.4. The van der Waals surface area contributed by atoms with E-state index in [0.29, 0.717) is 30.7 Å². The van der Waals surface area contributed by atoms with Crippen LogP contribution in [0.3, 0.4) is 0 Å². The predicted octanol–water partition coefficient (Wildman–Crippen LogP) is 5.95. The van der Waals surface area contributed by atoms with Gasteiger partial charge in [-0.15, -0.1) is 4.36 Å². The minimum Gasteiger partial charge on any atom is -0.490 e. The van der Waals surface area contributed by atoms with Crippen molar-refractivity contribution >= 4 is 39.1 Å². The maximum Gasteiger partial charge on any atom is 0.327 e. The van der Waals surface area contributed by atoms with Crippen molar-refractivity contribution < 1.29 is 28.0 Å². The van der Waals surface area contributed by atoms with Crippen LogP contribution in [0.15, 0.2) is 57.8 Å². The Hall–Kier alpha value is -3.12. The maximum atomic E-state index is 14.8. The molecule has 2 heterocycles. The second-order valence-corrected chi connectivity index (χ2v) is 16.8. The lowest BCUT2D eigenvalue weighted by molar-refractivity contribution is -0.137. The molecule has 0 radical (unpaired) electrons. The molecule has 48 heavy (non-hydrogen) atoms. The summed E-state index contributed by atoms with van der Waals surface area (Å²) in [5.74, 6) is 0.561. The Morgan fingerprint density at radius 1 is 1.15 bits per heavy atom. The van der Waals surface area contributed by atoms with Crippen molar-refractivity contribution in [2.24, 2.45) is 16.2 Å². The molecule has 0 aromatic heterocycles. The third-order valence-corrected chi connectivity index (χ3v) is 12.7. The van der Waals surface area contributed by atoms with Crippen molar-refractivity contribution in [3.05, 3.63) is 64.7 Å². The van der Waals surface area contributed by atoms with Gasteiger partial charge in [-0.3, -0.25) is 4.79 Å². The van der Waals surface area contributed by atoms with Crippen molar-refractivity contribution in [1.29, 1.82) is 0 Å². The molecule has 3 amide bonds. The summed E-state index contributed by atoms with van der Waals surface area (Å²) in [6, 6.07) is 10.8. The molecule has 258 valence electrons. The number of hydrogen-bond donors (Lipinski definition) is 2. The molecule has 2 aliphatic heterocycles. The third kappa shape index (κ3) is 6.58. The Bertz CT molecular complexity index is 1750. The van der Waals surface area contributed by atoms with Gasteiger partial charge in [0.05, 0.1) is 29.9 Å². The molecule has 2 saturated carbocycles. The van der Waals surface area contributed by atoms with Crippen molar-refractivity contribution in [3.8, 4) is 5.75 Å². The van der Waals surface area contributed by atoms with Crippen LogP contribution in [0.2, 0.25) is 5.02 Å². The maximum absolute atomic E-state index is 14.8. The molecule has 2 fully saturated rings. The number of fused-ring (bicyclic) bond motifs is 4. The molecule has 10 nitrogen and oxygen atoms in total. The predicted molar refractivity (Wildman–Crippen MR) is 185 cm³/mol. The average molecular weight is 697 g/mol. The van der Waals surface area contributed by atoms with Crippen LogP contribution >= 0.6 is 11.6 Å². The second-order valence-electron chi connectivity index (χ2n) is 14.5. The van der Waals surface area contributed by atoms with Gasteiger partial charge in [-0.25, -0.2) is 13.7 Å². The highest BCUT2D eigenvalue weighted by Crippen LogP contribution is 2.47. The number of aryl methyl sites for hydroxylation is 1. The monoisotopic (exact) mass is 696 g/mol. The van der Waals surface area contributed by atoms with Crippen molar-refractivity contribution in [3.63, 3.8) is 0 Å². The molecular formula is C36H45ClN4O6S. The summed E-state index contributed by atoms with van der Waals surface area (Å²) in [5, 5.41) is 3.56. The lowest BCUT2D eigenvalue weighted by Crippen LogP contribution is -2.49. The number of hydrogen-bond acceptors (Lipinski definition) is 7. The van der Waals surface area contributed by atoms with E-state index < -0.39 is 27.5 Å². The Balaban J connectivity index is 1.35. The van der Waals surface area contributed by atoms with Crippen molar-refractivity contribution in [2.45, 2.75) is 86.9 Å². The van der Waals surface area contributed by atoms with E-state index in [1.807, 2.05) is 18.2 Å². The number of ether oxygens (including phenoxy) is 3. The Morgan fingerprint density at radius 2 is 1.98 bits per heavy atom. The Labute approximate surface area is 288 Å². The van der Waals surface area contributed by atoms with Gasteiger partial charge in [0.1, 0.15) is 11.4 Å². The van der Waals surface area contributed by atoms with Crippen LogP contribution in [-0.4, -0.2) is 67.3 Å². The van der Waals surface area contributed by atoms with Gasteiger partial charge in [0.15, 0.2) is 9.92 Å². The number of rotatable bonds is 3. The summed E-state index contributed by atoms with van der Waals surface area (Å²) >= 11 is 6.45. The molecule has 5 aliphatic rings. The minimum atomic E-state index is -3.78. The van der Waals surface area contributed by atoms with Crippen molar-refractivity contribution in [2.75, 3.05) is 38.3 Å². The highest BCUT2D eigenvalue weighted by molar-refractivity contribution is 7.92. The molecule has 1 unspecified atom stereocenters. The number of amides is 3. The van der Waals surface area contributed by atoms with Crippen LogP contribution in [0.1, 0.15) is 63.5 Å². The average Bonchev–Trinajstić information content (AvgIpc) is 3.87. The summed E-state index contributed by atoms with van der Waals surface area (Å²) in [7, 11) is -2.04. The van der Waals surface area contributed by atoms with E-state index in [0.717, 1.165) is 62.2 Å². The van der Waals surface area contributed by atoms with Gasteiger partial charge in [0.2, 0.25) is 0 Å². The fourth-order valence-corrected chi connectivity index (χ4v) is 9.39. The molecule has 1 spiro atoms. The smallest absolute Gasteiger partial charge is 0.327 e. The van der Waals surface area contributed by atoms with Gasteiger partial charge in [-0.2, -0.15) is 0 Å². The van der Waals surface area contributed by atoms with Crippen LogP contribution in [0.4, 0.5) is 10.5 Å². The molecule has 3 aliphatic carbocycles. The summed E-state index contributed by atoms with van der Waals surface area (Å²) in [4.78, 5) is 29.3. The summed E-state index contributed by atoms with van der Waals surface area (Å²) in [5.41, 5.74) is 1.59. The molecule has 2 N–H and O–H groups in total. The van der Waals surface area contributed by atoms with Gasteiger partial charge >= 0.3 is 6.03 Å². The van der Waals surface area contributed by atoms with Gasteiger partial charge in [-0.05, 0) is 112 Å². The summed E-state index contributed by atoms with van der Waals surface area (Å²) in [6.07, 6.45) is 10.5. The number of urea groups is 1.